The zero-order chi connectivity index (χ0) is 20.8. The summed E-state index contributed by atoms with van der Waals surface area (Å²) < 4.78 is 5.29. The number of anilines is 2. The molecule has 30 heavy (non-hydrogen) atoms. The van der Waals surface area contributed by atoms with Crippen LogP contribution in [0.15, 0.2) is 42.7 Å². The van der Waals surface area contributed by atoms with Gasteiger partial charge in [-0.2, -0.15) is 0 Å². The number of nitrogens with one attached hydrogen (secondary N) is 4. The summed E-state index contributed by atoms with van der Waals surface area (Å²) in [6, 6.07) is 9.50. The molecule has 3 heterocycles. The fourth-order valence-corrected chi connectivity index (χ4v) is 3.43. The number of piperidine rings is 1. The van der Waals surface area contributed by atoms with Gasteiger partial charge in [0, 0.05) is 48.2 Å². The third kappa shape index (κ3) is 4.93. The normalized spacial score (nSPS) is 16.1. The predicted octanol–water partition coefficient (Wildman–Crippen LogP) is 2.52. The van der Waals surface area contributed by atoms with Crippen molar-refractivity contribution in [2.75, 3.05) is 30.8 Å². The van der Waals surface area contributed by atoms with Crippen molar-refractivity contribution in [3.05, 3.63) is 48.3 Å². The molecule has 0 aliphatic carbocycles. The van der Waals surface area contributed by atoms with Crippen molar-refractivity contribution in [1.82, 2.24) is 25.6 Å². The van der Waals surface area contributed by atoms with E-state index < -0.39 is 0 Å². The number of hydrogen-bond donors (Lipinski definition) is 4. The zero-order valence-electron chi connectivity index (χ0n) is 16.8. The molecule has 1 aliphatic heterocycles. The number of ether oxygens (including phenoxy) is 1. The van der Waals surface area contributed by atoms with Gasteiger partial charge in [-0.1, -0.05) is 6.07 Å². The molecule has 1 aliphatic rings. The number of fused-ring (bicyclic) bond motifs is 1. The molecule has 1 fully saturated rings. The third-order valence-corrected chi connectivity index (χ3v) is 4.97. The first-order valence-electron chi connectivity index (χ1n) is 9.98. The summed E-state index contributed by atoms with van der Waals surface area (Å²) >= 11 is 0. The predicted molar refractivity (Wildman–Crippen MR) is 116 cm³/mol. The lowest BCUT2D eigenvalue weighted by Gasteiger charge is -2.23. The number of carbonyl (C=O) groups is 1. The lowest BCUT2D eigenvalue weighted by atomic mass is 10.1. The van der Waals surface area contributed by atoms with Crippen molar-refractivity contribution < 1.29 is 9.53 Å². The molecular weight excluding hydrogens is 382 g/mol. The van der Waals surface area contributed by atoms with Crippen molar-refractivity contribution in [3.8, 4) is 5.88 Å². The summed E-state index contributed by atoms with van der Waals surface area (Å²) in [5.74, 6) is 0.869. The first-order chi connectivity index (χ1) is 14.7. The molecule has 1 saturated heterocycles. The minimum Gasteiger partial charge on any atom is -0.481 e. The molecular formula is C21H25N7O2. The Hall–Kier alpha value is -3.46. The molecule has 4 N–H and O–H groups in total. The summed E-state index contributed by atoms with van der Waals surface area (Å²) in [4.78, 5) is 25.2. The van der Waals surface area contributed by atoms with E-state index in [0.717, 1.165) is 48.1 Å². The highest BCUT2D eigenvalue weighted by molar-refractivity contribution is 5.89. The maximum Gasteiger partial charge on any atom is 0.321 e. The Morgan fingerprint density at radius 3 is 3.07 bits per heavy atom. The van der Waals surface area contributed by atoms with Crippen LogP contribution in [0.5, 0.6) is 5.88 Å². The monoisotopic (exact) mass is 407 g/mol. The van der Waals surface area contributed by atoms with Gasteiger partial charge in [0.2, 0.25) is 11.8 Å². The van der Waals surface area contributed by atoms with Crippen LogP contribution >= 0.6 is 0 Å². The number of aromatic nitrogens is 3. The largest absolute Gasteiger partial charge is 0.481 e. The second kappa shape index (κ2) is 9.36. The van der Waals surface area contributed by atoms with Crippen molar-refractivity contribution in [2.24, 2.45) is 0 Å². The third-order valence-electron chi connectivity index (χ3n) is 4.97. The number of methoxy groups -OCH3 is 1. The molecule has 9 heteroatoms. The number of hydrogen-bond acceptors (Lipinski definition) is 7. The SMILES string of the molecule is COc1ncccc1CNc1ccc2cnc(NC(=O)N[C@H]3CCCNC3)nc2c1. The van der Waals surface area contributed by atoms with E-state index in [1.54, 1.807) is 19.5 Å². The minimum atomic E-state index is -0.291. The molecule has 0 saturated carbocycles. The van der Waals surface area contributed by atoms with E-state index in [2.05, 4.69) is 36.2 Å². The van der Waals surface area contributed by atoms with Gasteiger partial charge in [0.05, 0.1) is 12.6 Å². The molecule has 0 unspecified atom stereocenters. The van der Waals surface area contributed by atoms with Crippen LogP contribution < -0.4 is 26.0 Å². The van der Waals surface area contributed by atoms with Crippen molar-refractivity contribution in [2.45, 2.75) is 25.4 Å². The number of urea groups is 1. The molecule has 0 radical (unpaired) electrons. The summed E-state index contributed by atoms with van der Waals surface area (Å²) in [6.45, 7) is 2.34. The first kappa shape index (κ1) is 19.8. The van der Waals surface area contributed by atoms with Gasteiger partial charge in [-0.05, 0) is 43.7 Å². The Kier molecular flexibility index (Phi) is 6.19. The van der Waals surface area contributed by atoms with E-state index in [9.17, 15) is 4.79 Å². The highest BCUT2D eigenvalue weighted by Crippen LogP contribution is 2.20. The Balaban J connectivity index is 1.42. The lowest BCUT2D eigenvalue weighted by Crippen LogP contribution is -2.47. The van der Waals surface area contributed by atoms with Crippen LogP contribution in [-0.2, 0) is 6.54 Å². The van der Waals surface area contributed by atoms with E-state index in [1.165, 1.54) is 0 Å². The Morgan fingerprint density at radius 2 is 2.23 bits per heavy atom. The number of nitrogens with zero attached hydrogens (tertiary/aromatic N) is 3. The van der Waals surface area contributed by atoms with E-state index in [-0.39, 0.29) is 18.0 Å². The smallest absolute Gasteiger partial charge is 0.321 e. The molecule has 9 nitrogen and oxygen atoms in total. The van der Waals surface area contributed by atoms with Crippen LogP contribution in [0.3, 0.4) is 0 Å². The quantitative estimate of drug-likeness (QED) is 0.497. The van der Waals surface area contributed by atoms with Gasteiger partial charge in [-0.25, -0.2) is 19.7 Å². The molecule has 1 aromatic carbocycles. The van der Waals surface area contributed by atoms with Crippen LogP contribution in [-0.4, -0.2) is 47.2 Å². The molecule has 3 aromatic rings. The standard InChI is InChI=1S/C21H25N7O2/c1-30-19-15(4-2-9-23-19)12-24-16-7-6-14-11-25-20(27-18(14)10-16)28-21(29)26-17-5-3-8-22-13-17/h2,4,6-7,9-11,17,22,24H,3,5,8,12-13H2,1H3,(H2,25,26,27,28,29)/t17-/m0/s1. The van der Waals surface area contributed by atoms with E-state index in [1.807, 2.05) is 30.3 Å². The van der Waals surface area contributed by atoms with Crippen LogP contribution in [0, 0.1) is 0 Å². The number of pyridine rings is 1. The van der Waals surface area contributed by atoms with Gasteiger partial charge >= 0.3 is 6.03 Å². The second-order valence-corrected chi connectivity index (χ2v) is 7.13. The Labute approximate surface area is 174 Å². The summed E-state index contributed by atoms with van der Waals surface area (Å²) in [6.07, 6.45) is 5.42. The van der Waals surface area contributed by atoms with Gasteiger partial charge in [0.25, 0.3) is 0 Å². The molecule has 2 amide bonds. The summed E-state index contributed by atoms with van der Waals surface area (Å²) in [7, 11) is 1.61. The van der Waals surface area contributed by atoms with Gasteiger partial charge in [0.1, 0.15) is 0 Å². The average Bonchev–Trinajstić information content (AvgIpc) is 2.78. The van der Waals surface area contributed by atoms with Gasteiger partial charge in [-0.3, -0.25) is 5.32 Å². The number of benzene rings is 1. The minimum absolute atomic E-state index is 0.125. The number of amides is 2. The molecule has 0 bridgehead atoms. The molecule has 0 spiro atoms. The fraction of sp³-hybridized carbons (Fsp3) is 0.333. The zero-order valence-corrected chi connectivity index (χ0v) is 16.8. The van der Waals surface area contributed by atoms with Gasteiger partial charge < -0.3 is 20.7 Å². The molecule has 4 rings (SSSR count). The lowest BCUT2D eigenvalue weighted by molar-refractivity contribution is 0.245. The van der Waals surface area contributed by atoms with Crippen LogP contribution in [0.1, 0.15) is 18.4 Å². The first-order valence-corrected chi connectivity index (χ1v) is 9.98. The maximum atomic E-state index is 12.2. The molecule has 2 aromatic heterocycles. The fourth-order valence-electron chi connectivity index (χ4n) is 3.43. The van der Waals surface area contributed by atoms with Crippen LogP contribution in [0.2, 0.25) is 0 Å². The summed E-state index contributed by atoms with van der Waals surface area (Å²) in [5.41, 5.74) is 2.59. The average molecular weight is 407 g/mol. The van der Waals surface area contributed by atoms with E-state index in [0.29, 0.717) is 12.4 Å². The van der Waals surface area contributed by atoms with Crippen molar-refractivity contribution in [1.29, 1.82) is 0 Å². The van der Waals surface area contributed by atoms with Crippen molar-refractivity contribution >= 4 is 28.6 Å². The number of rotatable bonds is 6. The van der Waals surface area contributed by atoms with Gasteiger partial charge in [0.15, 0.2) is 0 Å². The number of carbonyl (C=O) groups excluding carboxylic acids is 1. The van der Waals surface area contributed by atoms with Crippen LogP contribution in [0.25, 0.3) is 10.9 Å². The highest BCUT2D eigenvalue weighted by atomic mass is 16.5. The molecule has 156 valence electrons. The van der Waals surface area contributed by atoms with Crippen molar-refractivity contribution in [3.63, 3.8) is 0 Å². The molecule has 1 atom stereocenters. The second-order valence-electron chi connectivity index (χ2n) is 7.13. The van der Waals surface area contributed by atoms with Gasteiger partial charge in [-0.15, -0.1) is 0 Å². The van der Waals surface area contributed by atoms with E-state index in [4.69, 9.17) is 4.74 Å². The topological polar surface area (TPSA) is 113 Å². The van der Waals surface area contributed by atoms with E-state index >= 15 is 0 Å². The highest BCUT2D eigenvalue weighted by Gasteiger charge is 2.16. The maximum absolute atomic E-state index is 12.2. The Bertz CT molecular complexity index is 1020. The summed E-state index contributed by atoms with van der Waals surface area (Å²) in [5, 5.41) is 13.2. The van der Waals surface area contributed by atoms with Crippen LogP contribution in [0.4, 0.5) is 16.4 Å². The Morgan fingerprint density at radius 1 is 1.30 bits per heavy atom.